The van der Waals surface area contributed by atoms with Crippen LogP contribution in [0.15, 0.2) is 60.7 Å². The van der Waals surface area contributed by atoms with Gasteiger partial charge in [-0.15, -0.1) is 0 Å². The average Bonchev–Trinajstić information content (AvgIpc) is 3.08. The van der Waals surface area contributed by atoms with Gasteiger partial charge in [0, 0.05) is 0 Å². The first-order chi connectivity index (χ1) is 14.7. The first-order valence-electron chi connectivity index (χ1n) is 11.1. The molecule has 2 N–H and O–H groups in total. The standard InChI is InChI=1S/C25H31N3O2/c29-23-25(27-24(30)26-23,16-13-21-10-5-2-6-11-21)22-14-18-28(19-15-22)17-7-12-20-8-3-1-4-9-20/h1-6,8-11,22H,7,12-19H2,(H2,26,27,29,30)/t25-/m1/s1. The van der Waals surface area contributed by atoms with E-state index in [9.17, 15) is 9.59 Å². The lowest BCUT2D eigenvalue weighted by molar-refractivity contribution is -0.127. The molecule has 2 aromatic rings. The SMILES string of the molecule is O=C1NC(=O)[C@@](CCc2ccccc2)(C2CCN(CCCc3ccccc3)CC2)N1. The minimum absolute atomic E-state index is 0.147. The van der Waals surface area contributed by atoms with Crippen LogP contribution in [-0.2, 0) is 17.6 Å². The zero-order valence-electron chi connectivity index (χ0n) is 17.5. The van der Waals surface area contributed by atoms with Crippen molar-refractivity contribution >= 4 is 11.9 Å². The summed E-state index contributed by atoms with van der Waals surface area (Å²) in [5.41, 5.74) is 1.81. The van der Waals surface area contributed by atoms with Crippen molar-refractivity contribution in [2.24, 2.45) is 5.92 Å². The lowest BCUT2D eigenvalue weighted by atomic mass is 9.74. The predicted octanol–water partition coefficient (Wildman–Crippen LogP) is 3.54. The van der Waals surface area contributed by atoms with Gasteiger partial charge in [-0.25, -0.2) is 4.79 Å². The molecule has 0 radical (unpaired) electrons. The summed E-state index contributed by atoms with van der Waals surface area (Å²) in [5.74, 6) is 0.0315. The van der Waals surface area contributed by atoms with Gasteiger partial charge in [0.2, 0.25) is 0 Å². The summed E-state index contributed by atoms with van der Waals surface area (Å²) in [4.78, 5) is 27.3. The second-order valence-corrected chi connectivity index (χ2v) is 8.57. The van der Waals surface area contributed by atoms with Gasteiger partial charge in [-0.05, 0) is 75.2 Å². The molecule has 0 aromatic heterocycles. The number of nitrogens with one attached hydrogen (secondary N) is 2. The molecular weight excluding hydrogens is 374 g/mol. The maximum Gasteiger partial charge on any atom is 0.322 e. The van der Waals surface area contributed by atoms with E-state index in [4.69, 9.17) is 0 Å². The van der Waals surface area contributed by atoms with Crippen molar-refractivity contribution < 1.29 is 9.59 Å². The first-order valence-corrected chi connectivity index (χ1v) is 11.1. The second kappa shape index (κ2) is 9.43. The van der Waals surface area contributed by atoms with Crippen LogP contribution < -0.4 is 10.6 Å². The highest BCUT2D eigenvalue weighted by Crippen LogP contribution is 2.34. The third-order valence-corrected chi connectivity index (χ3v) is 6.69. The summed E-state index contributed by atoms with van der Waals surface area (Å²) in [6.07, 6.45) is 5.55. The first kappa shape index (κ1) is 20.6. The number of piperidine rings is 1. The minimum Gasteiger partial charge on any atom is -0.323 e. The number of imide groups is 1. The average molecular weight is 406 g/mol. The number of hydrogen-bond donors (Lipinski definition) is 2. The Balaban J connectivity index is 1.33. The molecule has 0 spiro atoms. The van der Waals surface area contributed by atoms with Gasteiger partial charge < -0.3 is 10.2 Å². The highest BCUT2D eigenvalue weighted by molar-refractivity contribution is 6.07. The van der Waals surface area contributed by atoms with Gasteiger partial charge in [0.15, 0.2) is 0 Å². The van der Waals surface area contributed by atoms with Crippen LogP contribution in [0.2, 0.25) is 0 Å². The van der Waals surface area contributed by atoms with Crippen molar-refractivity contribution in [1.82, 2.24) is 15.5 Å². The van der Waals surface area contributed by atoms with Crippen LogP contribution in [0, 0.1) is 5.92 Å². The molecule has 2 heterocycles. The van der Waals surface area contributed by atoms with Crippen molar-refractivity contribution in [2.45, 2.75) is 44.1 Å². The van der Waals surface area contributed by atoms with E-state index in [0.29, 0.717) is 6.42 Å². The molecule has 2 saturated heterocycles. The molecular formula is C25H31N3O2. The Morgan fingerprint density at radius 3 is 2.03 bits per heavy atom. The highest BCUT2D eigenvalue weighted by atomic mass is 16.2. The number of benzene rings is 2. The maximum atomic E-state index is 12.8. The number of carbonyl (C=O) groups is 2. The quantitative estimate of drug-likeness (QED) is 0.661. The molecule has 2 aromatic carbocycles. The third kappa shape index (κ3) is 4.73. The van der Waals surface area contributed by atoms with Crippen LogP contribution in [0.3, 0.4) is 0 Å². The maximum absolute atomic E-state index is 12.8. The van der Waals surface area contributed by atoms with Crippen LogP contribution in [0.1, 0.15) is 36.8 Å². The smallest absolute Gasteiger partial charge is 0.322 e. The lowest BCUT2D eigenvalue weighted by Gasteiger charge is -2.40. The fraction of sp³-hybridized carbons (Fsp3) is 0.440. The van der Waals surface area contributed by atoms with E-state index < -0.39 is 5.54 Å². The third-order valence-electron chi connectivity index (χ3n) is 6.69. The topological polar surface area (TPSA) is 61.4 Å². The Labute approximate surface area is 178 Å². The fourth-order valence-corrected chi connectivity index (χ4v) is 4.96. The van der Waals surface area contributed by atoms with Crippen LogP contribution in [0.5, 0.6) is 0 Å². The summed E-state index contributed by atoms with van der Waals surface area (Å²) in [6, 6.07) is 20.5. The lowest BCUT2D eigenvalue weighted by Crippen LogP contribution is -2.56. The molecule has 4 rings (SSSR count). The highest BCUT2D eigenvalue weighted by Gasteiger charge is 2.51. The van der Waals surface area contributed by atoms with E-state index in [0.717, 1.165) is 51.7 Å². The van der Waals surface area contributed by atoms with Crippen LogP contribution in [-0.4, -0.2) is 42.0 Å². The van der Waals surface area contributed by atoms with Gasteiger partial charge in [0.05, 0.1) is 0 Å². The molecule has 2 aliphatic heterocycles. The molecule has 0 saturated carbocycles. The molecule has 0 unspecified atom stereocenters. The Hall–Kier alpha value is -2.66. The number of likely N-dealkylation sites (tertiary alicyclic amines) is 1. The number of urea groups is 1. The number of amides is 3. The Morgan fingerprint density at radius 1 is 0.867 bits per heavy atom. The number of nitrogens with zero attached hydrogens (tertiary/aromatic N) is 1. The molecule has 30 heavy (non-hydrogen) atoms. The van der Waals surface area contributed by atoms with E-state index in [-0.39, 0.29) is 17.9 Å². The number of rotatable bonds is 8. The van der Waals surface area contributed by atoms with Gasteiger partial charge in [-0.1, -0.05) is 60.7 Å². The van der Waals surface area contributed by atoms with Crippen molar-refractivity contribution in [2.75, 3.05) is 19.6 Å². The Bertz CT molecular complexity index is 847. The number of aryl methyl sites for hydroxylation is 2. The predicted molar refractivity (Wildman–Crippen MR) is 118 cm³/mol. The largest absolute Gasteiger partial charge is 0.323 e. The second-order valence-electron chi connectivity index (χ2n) is 8.57. The van der Waals surface area contributed by atoms with Crippen molar-refractivity contribution in [3.63, 3.8) is 0 Å². The van der Waals surface area contributed by atoms with Crippen molar-refractivity contribution in [1.29, 1.82) is 0 Å². The van der Waals surface area contributed by atoms with E-state index in [1.54, 1.807) is 0 Å². The molecule has 158 valence electrons. The van der Waals surface area contributed by atoms with Gasteiger partial charge in [0.1, 0.15) is 5.54 Å². The van der Waals surface area contributed by atoms with E-state index >= 15 is 0 Å². The Kier molecular flexibility index (Phi) is 6.48. The van der Waals surface area contributed by atoms with Gasteiger partial charge in [-0.2, -0.15) is 0 Å². The molecule has 0 bridgehead atoms. The summed E-state index contributed by atoms with van der Waals surface area (Å²) in [7, 11) is 0. The summed E-state index contributed by atoms with van der Waals surface area (Å²) in [5, 5.41) is 5.52. The summed E-state index contributed by atoms with van der Waals surface area (Å²) in [6.45, 7) is 3.04. The number of carbonyl (C=O) groups excluding carboxylic acids is 2. The molecule has 2 aliphatic rings. The Morgan fingerprint density at radius 2 is 1.47 bits per heavy atom. The zero-order chi connectivity index (χ0) is 20.8. The minimum atomic E-state index is -0.775. The summed E-state index contributed by atoms with van der Waals surface area (Å²) >= 11 is 0. The van der Waals surface area contributed by atoms with Gasteiger partial charge >= 0.3 is 6.03 Å². The number of hydrogen-bond acceptors (Lipinski definition) is 3. The van der Waals surface area contributed by atoms with E-state index in [1.165, 1.54) is 11.1 Å². The molecule has 0 aliphatic carbocycles. The molecule has 5 nitrogen and oxygen atoms in total. The van der Waals surface area contributed by atoms with Crippen LogP contribution in [0.25, 0.3) is 0 Å². The molecule has 2 fully saturated rings. The van der Waals surface area contributed by atoms with Crippen LogP contribution in [0.4, 0.5) is 4.79 Å². The molecule has 5 heteroatoms. The van der Waals surface area contributed by atoms with E-state index in [1.807, 2.05) is 18.2 Å². The molecule has 3 amide bonds. The van der Waals surface area contributed by atoms with Crippen molar-refractivity contribution in [3.8, 4) is 0 Å². The van der Waals surface area contributed by atoms with Crippen LogP contribution >= 0.6 is 0 Å². The zero-order valence-corrected chi connectivity index (χ0v) is 17.5. The normalized spacial score (nSPS) is 22.7. The molecule has 1 atom stereocenters. The van der Waals surface area contributed by atoms with E-state index in [2.05, 4.69) is 58.0 Å². The van der Waals surface area contributed by atoms with Gasteiger partial charge in [0.25, 0.3) is 5.91 Å². The summed E-state index contributed by atoms with van der Waals surface area (Å²) < 4.78 is 0. The fourth-order valence-electron chi connectivity index (χ4n) is 4.96. The van der Waals surface area contributed by atoms with Gasteiger partial charge in [-0.3, -0.25) is 10.1 Å². The van der Waals surface area contributed by atoms with Crippen molar-refractivity contribution in [3.05, 3.63) is 71.8 Å². The monoisotopic (exact) mass is 405 g/mol.